The van der Waals surface area contributed by atoms with Gasteiger partial charge in [-0.25, -0.2) is 0 Å². The Kier molecular flexibility index (Phi) is 7.49. The fourth-order valence-electron chi connectivity index (χ4n) is 1.64. The van der Waals surface area contributed by atoms with Crippen LogP contribution in [0.15, 0.2) is 16.8 Å². The van der Waals surface area contributed by atoms with Gasteiger partial charge in [-0.05, 0) is 28.8 Å². The molecule has 0 saturated carbocycles. The summed E-state index contributed by atoms with van der Waals surface area (Å²) >= 11 is 1.71. The van der Waals surface area contributed by atoms with E-state index in [0.29, 0.717) is 26.4 Å². The Morgan fingerprint density at radius 2 is 2.25 bits per heavy atom. The fourth-order valence-corrected chi connectivity index (χ4v) is 2.35. The summed E-state index contributed by atoms with van der Waals surface area (Å²) in [5.41, 5.74) is 1.31. The van der Waals surface area contributed by atoms with Crippen LogP contribution in [0.2, 0.25) is 0 Å². The third-order valence-corrected chi connectivity index (χ3v) is 3.58. The molecule has 0 aromatic carbocycles. The monoisotopic (exact) mass is 302 g/mol. The highest BCUT2D eigenvalue weighted by molar-refractivity contribution is 7.07. The molecule has 0 bridgehead atoms. The largest absolute Gasteiger partial charge is 0.378 e. The molecule has 2 rings (SSSR count). The molecule has 0 amide bonds. The van der Waals surface area contributed by atoms with Gasteiger partial charge in [-0.1, -0.05) is 0 Å². The van der Waals surface area contributed by atoms with Gasteiger partial charge >= 0.3 is 0 Å². The zero-order valence-electron chi connectivity index (χ0n) is 11.8. The van der Waals surface area contributed by atoms with Crippen molar-refractivity contribution in [3.05, 3.63) is 22.4 Å². The van der Waals surface area contributed by atoms with E-state index in [1.54, 1.807) is 18.4 Å². The Hall–Kier alpha value is -0.500. The van der Waals surface area contributed by atoms with Crippen LogP contribution in [-0.4, -0.2) is 59.1 Å². The molecular formula is C14H22O5S. The molecular weight excluding hydrogens is 280 g/mol. The quantitative estimate of drug-likeness (QED) is 0.334. The number of thiophene rings is 1. The second kappa shape index (κ2) is 9.44. The molecule has 1 aromatic rings. The number of rotatable bonds is 12. The van der Waals surface area contributed by atoms with Gasteiger partial charge in [-0.2, -0.15) is 11.3 Å². The van der Waals surface area contributed by atoms with Crippen LogP contribution in [0.1, 0.15) is 5.56 Å². The van der Waals surface area contributed by atoms with Gasteiger partial charge in [0.15, 0.2) is 0 Å². The first-order chi connectivity index (χ1) is 9.88. The van der Waals surface area contributed by atoms with Gasteiger partial charge in [0.05, 0.1) is 33.0 Å². The molecule has 114 valence electrons. The highest BCUT2D eigenvalue weighted by atomic mass is 32.1. The van der Waals surface area contributed by atoms with Crippen molar-refractivity contribution in [2.75, 3.05) is 46.9 Å². The van der Waals surface area contributed by atoms with Crippen molar-refractivity contribution >= 4 is 11.3 Å². The lowest BCUT2D eigenvalue weighted by Gasteiger charge is -2.17. The van der Waals surface area contributed by atoms with Gasteiger partial charge in [0.1, 0.15) is 19.0 Å². The number of ether oxygens (including phenoxy) is 5. The maximum Gasteiger partial charge on any atom is 0.146 e. The lowest BCUT2D eigenvalue weighted by molar-refractivity contribution is -0.120. The molecule has 2 atom stereocenters. The number of hydrogen-bond donors (Lipinski definition) is 0. The lowest BCUT2D eigenvalue weighted by atomic mass is 10.2. The van der Waals surface area contributed by atoms with Gasteiger partial charge < -0.3 is 23.7 Å². The topological polar surface area (TPSA) is 49.5 Å². The summed E-state index contributed by atoms with van der Waals surface area (Å²) in [6, 6.07) is 2.12. The van der Waals surface area contributed by atoms with Crippen LogP contribution in [0.4, 0.5) is 0 Å². The molecule has 1 saturated heterocycles. The smallest absolute Gasteiger partial charge is 0.146 e. The van der Waals surface area contributed by atoms with E-state index in [2.05, 4.69) is 16.8 Å². The van der Waals surface area contributed by atoms with Crippen LogP contribution < -0.4 is 0 Å². The normalized spacial score (nSPS) is 19.1. The summed E-state index contributed by atoms with van der Waals surface area (Å²) in [6.45, 7) is 3.39. The molecule has 0 radical (unpaired) electrons. The van der Waals surface area contributed by atoms with Crippen LogP contribution in [0.5, 0.6) is 0 Å². The molecule has 1 fully saturated rings. The Labute approximate surface area is 123 Å². The first-order valence-corrected chi connectivity index (χ1v) is 7.71. The van der Waals surface area contributed by atoms with E-state index in [-0.39, 0.29) is 19.0 Å². The fraction of sp³-hybridized carbons (Fsp3) is 0.714. The number of hydrogen-bond acceptors (Lipinski definition) is 6. The Bertz CT molecular complexity index is 339. The molecule has 2 heterocycles. The van der Waals surface area contributed by atoms with Crippen molar-refractivity contribution in [3.63, 3.8) is 0 Å². The third-order valence-electron chi connectivity index (χ3n) is 2.85. The highest BCUT2D eigenvalue weighted by Crippen LogP contribution is 2.09. The minimum absolute atomic E-state index is 0.101. The van der Waals surface area contributed by atoms with Crippen molar-refractivity contribution in [2.45, 2.75) is 18.6 Å². The molecule has 6 heteroatoms. The summed E-state index contributed by atoms with van der Waals surface area (Å²) in [6.07, 6.45) is 1.10. The van der Waals surface area contributed by atoms with E-state index in [9.17, 15) is 0 Å². The Morgan fingerprint density at radius 3 is 2.95 bits per heavy atom. The van der Waals surface area contributed by atoms with Crippen molar-refractivity contribution in [1.29, 1.82) is 0 Å². The van der Waals surface area contributed by atoms with E-state index in [4.69, 9.17) is 23.7 Å². The van der Waals surface area contributed by atoms with E-state index in [0.717, 1.165) is 13.0 Å². The van der Waals surface area contributed by atoms with E-state index in [1.165, 1.54) is 5.56 Å². The number of epoxide rings is 1. The predicted octanol–water partition coefficient (Wildman–Crippen LogP) is 1.71. The van der Waals surface area contributed by atoms with Crippen molar-refractivity contribution in [2.24, 2.45) is 0 Å². The second-order valence-electron chi connectivity index (χ2n) is 4.64. The minimum Gasteiger partial charge on any atom is -0.378 e. The van der Waals surface area contributed by atoms with Crippen LogP contribution in [0.3, 0.4) is 0 Å². The number of methoxy groups -OCH3 is 1. The molecule has 1 aliphatic rings. The summed E-state index contributed by atoms with van der Waals surface area (Å²) in [5, 5.41) is 4.22. The zero-order valence-corrected chi connectivity index (χ0v) is 12.6. The van der Waals surface area contributed by atoms with E-state index >= 15 is 0 Å². The average Bonchev–Trinajstić information content (AvgIpc) is 3.13. The first kappa shape index (κ1) is 15.9. The molecule has 0 N–H and O–H groups in total. The van der Waals surface area contributed by atoms with Gasteiger partial charge in [-0.3, -0.25) is 0 Å². The van der Waals surface area contributed by atoms with Crippen LogP contribution in [-0.2, 0) is 30.1 Å². The molecule has 1 aliphatic heterocycles. The molecule has 20 heavy (non-hydrogen) atoms. The van der Waals surface area contributed by atoms with Crippen LogP contribution >= 0.6 is 11.3 Å². The van der Waals surface area contributed by atoms with Gasteiger partial charge in [0.2, 0.25) is 0 Å². The molecule has 2 unspecified atom stereocenters. The van der Waals surface area contributed by atoms with Crippen molar-refractivity contribution < 1.29 is 23.7 Å². The summed E-state index contributed by atoms with van der Waals surface area (Å²) in [7, 11) is 1.60. The molecule has 1 aromatic heterocycles. The minimum atomic E-state index is -0.101. The summed E-state index contributed by atoms with van der Waals surface area (Å²) in [4.78, 5) is 0. The Balaban J connectivity index is 1.55. The Morgan fingerprint density at radius 1 is 1.40 bits per heavy atom. The van der Waals surface area contributed by atoms with Gasteiger partial charge in [0, 0.05) is 7.11 Å². The molecule has 5 nitrogen and oxygen atoms in total. The highest BCUT2D eigenvalue weighted by Gasteiger charge is 2.23. The predicted molar refractivity (Wildman–Crippen MR) is 76.2 cm³/mol. The van der Waals surface area contributed by atoms with Crippen molar-refractivity contribution in [1.82, 2.24) is 0 Å². The van der Waals surface area contributed by atoms with E-state index < -0.39 is 0 Å². The first-order valence-electron chi connectivity index (χ1n) is 6.77. The maximum absolute atomic E-state index is 5.65. The second-order valence-corrected chi connectivity index (χ2v) is 5.42. The summed E-state index contributed by atoms with van der Waals surface area (Å²) in [5.74, 6) is 0. The van der Waals surface area contributed by atoms with Gasteiger partial charge in [-0.15, -0.1) is 0 Å². The van der Waals surface area contributed by atoms with Crippen LogP contribution in [0.25, 0.3) is 0 Å². The molecule has 0 aliphatic carbocycles. The van der Waals surface area contributed by atoms with Crippen molar-refractivity contribution in [3.8, 4) is 0 Å². The standard InChI is InChI=1S/C14H22O5S/c1-15-11-19-13(7-17-8-14-9-18-14)6-16-4-2-12-3-5-20-10-12/h3,5,10,13-14H,2,4,6-9,11H2,1H3. The molecule has 0 spiro atoms. The van der Waals surface area contributed by atoms with Gasteiger partial charge in [0.25, 0.3) is 0 Å². The zero-order chi connectivity index (χ0) is 14.0. The average molecular weight is 302 g/mol. The SMILES string of the molecule is COCOC(COCCc1ccsc1)COCC1CO1. The van der Waals surface area contributed by atoms with Crippen LogP contribution in [0, 0.1) is 0 Å². The lowest BCUT2D eigenvalue weighted by Crippen LogP contribution is -2.27. The summed E-state index contributed by atoms with van der Waals surface area (Å²) < 4.78 is 26.7. The van der Waals surface area contributed by atoms with E-state index in [1.807, 2.05) is 0 Å². The third kappa shape index (κ3) is 6.78. The maximum atomic E-state index is 5.65.